The first kappa shape index (κ1) is 19.2. The van der Waals surface area contributed by atoms with Crippen LogP contribution in [0.25, 0.3) is 0 Å². The summed E-state index contributed by atoms with van der Waals surface area (Å²) < 4.78 is 0.889. The number of nitrogens with one attached hydrogen (secondary N) is 2. The fourth-order valence-corrected chi connectivity index (χ4v) is 2.46. The van der Waals surface area contributed by atoms with E-state index < -0.39 is 0 Å². The summed E-state index contributed by atoms with van der Waals surface area (Å²) in [6.07, 6.45) is 3.84. The molecule has 0 bridgehead atoms. The SMILES string of the molecule is I.NC(=NCC1CCC1)NCCNC(=O)c1cccc(Br)c1. The number of nitrogens with zero attached hydrogens (tertiary/aromatic N) is 1. The van der Waals surface area contributed by atoms with Crippen molar-refractivity contribution in [3.05, 3.63) is 34.3 Å². The Morgan fingerprint density at radius 3 is 2.68 bits per heavy atom. The molecule has 7 heteroatoms. The number of carbonyl (C=O) groups is 1. The monoisotopic (exact) mass is 480 g/mol. The van der Waals surface area contributed by atoms with Gasteiger partial charge in [0, 0.05) is 29.7 Å². The van der Waals surface area contributed by atoms with Gasteiger partial charge in [0.2, 0.25) is 0 Å². The molecule has 22 heavy (non-hydrogen) atoms. The second kappa shape index (κ2) is 10.0. The Hall–Kier alpha value is -0.830. The Labute approximate surface area is 156 Å². The second-order valence-electron chi connectivity index (χ2n) is 5.22. The zero-order chi connectivity index (χ0) is 15.1. The van der Waals surface area contributed by atoms with Gasteiger partial charge in [0.05, 0.1) is 0 Å². The van der Waals surface area contributed by atoms with Gasteiger partial charge in [0.1, 0.15) is 0 Å². The smallest absolute Gasteiger partial charge is 0.251 e. The minimum atomic E-state index is -0.0944. The molecule has 0 radical (unpaired) electrons. The highest BCUT2D eigenvalue weighted by atomic mass is 127. The number of hydrogen-bond acceptors (Lipinski definition) is 2. The summed E-state index contributed by atoms with van der Waals surface area (Å²) in [4.78, 5) is 16.2. The van der Waals surface area contributed by atoms with Gasteiger partial charge < -0.3 is 16.4 Å². The average molecular weight is 481 g/mol. The molecule has 1 aromatic carbocycles. The van der Waals surface area contributed by atoms with Crippen LogP contribution in [0.3, 0.4) is 0 Å². The Balaban J connectivity index is 0.00000242. The fraction of sp³-hybridized carbons (Fsp3) is 0.467. The van der Waals surface area contributed by atoms with E-state index in [1.807, 2.05) is 12.1 Å². The standard InChI is InChI=1S/C15H21BrN4O.HI/c16-13-6-2-5-12(9-13)14(21)18-7-8-19-15(17)20-10-11-3-1-4-11;/h2,5-6,9,11H,1,3-4,7-8,10H2,(H,18,21)(H3,17,19,20);1H. The van der Waals surface area contributed by atoms with E-state index in [4.69, 9.17) is 5.73 Å². The van der Waals surface area contributed by atoms with Crippen LogP contribution in [-0.4, -0.2) is 31.5 Å². The van der Waals surface area contributed by atoms with Gasteiger partial charge in [-0.15, -0.1) is 24.0 Å². The molecule has 0 unspecified atom stereocenters. The molecule has 2 rings (SSSR count). The molecule has 0 heterocycles. The highest BCUT2D eigenvalue weighted by molar-refractivity contribution is 14.0. The Kier molecular flexibility index (Phi) is 8.77. The van der Waals surface area contributed by atoms with E-state index in [0.29, 0.717) is 30.5 Å². The maximum Gasteiger partial charge on any atom is 0.251 e. The minimum absolute atomic E-state index is 0. The molecular weight excluding hydrogens is 459 g/mol. The van der Waals surface area contributed by atoms with Crippen molar-refractivity contribution in [3.63, 3.8) is 0 Å². The van der Waals surface area contributed by atoms with E-state index in [-0.39, 0.29) is 29.9 Å². The Morgan fingerprint density at radius 2 is 2.05 bits per heavy atom. The molecule has 0 atom stereocenters. The molecule has 0 aromatic heterocycles. The molecule has 1 aliphatic rings. The van der Waals surface area contributed by atoms with E-state index in [1.54, 1.807) is 12.1 Å². The van der Waals surface area contributed by atoms with Gasteiger partial charge in [-0.2, -0.15) is 0 Å². The lowest BCUT2D eigenvalue weighted by Gasteiger charge is -2.23. The van der Waals surface area contributed by atoms with Crippen LogP contribution in [0.5, 0.6) is 0 Å². The summed E-state index contributed by atoms with van der Waals surface area (Å²) in [5.74, 6) is 1.07. The normalized spacial score (nSPS) is 14.7. The van der Waals surface area contributed by atoms with E-state index >= 15 is 0 Å². The number of carbonyl (C=O) groups excluding carboxylic acids is 1. The van der Waals surface area contributed by atoms with Crippen LogP contribution in [0.1, 0.15) is 29.6 Å². The molecule has 1 saturated carbocycles. The predicted molar refractivity (Wildman–Crippen MR) is 104 cm³/mol. The van der Waals surface area contributed by atoms with Crippen LogP contribution < -0.4 is 16.4 Å². The van der Waals surface area contributed by atoms with Crippen molar-refractivity contribution >= 4 is 51.8 Å². The van der Waals surface area contributed by atoms with Gasteiger partial charge in [0.25, 0.3) is 5.91 Å². The van der Waals surface area contributed by atoms with E-state index in [2.05, 4.69) is 31.6 Å². The van der Waals surface area contributed by atoms with Crippen molar-refractivity contribution in [1.29, 1.82) is 0 Å². The molecule has 5 nitrogen and oxygen atoms in total. The summed E-state index contributed by atoms with van der Waals surface area (Å²) in [6, 6.07) is 7.29. The molecule has 0 saturated heterocycles. The van der Waals surface area contributed by atoms with Crippen LogP contribution in [0, 0.1) is 5.92 Å². The molecule has 1 amide bonds. The number of nitrogens with two attached hydrogens (primary N) is 1. The van der Waals surface area contributed by atoms with Crippen LogP contribution in [0.2, 0.25) is 0 Å². The van der Waals surface area contributed by atoms with Crippen molar-refractivity contribution in [3.8, 4) is 0 Å². The molecule has 122 valence electrons. The fourth-order valence-electron chi connectivity index (χ4n) is 2.06. The quantitative estimate of drug-likeness (QED) is 0.253. The molecule has 0 aliphatic heterocycles. The number of amides is 1. The summed E-state index contributed by atoms with van der Waals surface area (Å²) in [5, 5.41) is 5.84. The van der Waals surface area contributed by atoms with Crippen LogP contribution in [-0.2, 0) is 0 Å². The lowest BCUT2D eigenvalue weighted by Crippen LogP contribution is -2.38. The van der Waals surface area contributed by atoms with Crippen LogP contribution in [0.15, 0.2) is 33.7 Å². The van der Waals surface area contributed by atoms with Crippen LogP contribution >= 0.6 is 39.9 Å². The third kappa shape index (κ3) is 6.51. The number of guanidine groups is 1. The summed E-state index contributed by atoms with van der Waals surface area (Å²) in [7, 11) is 0. The van der Waals surface area contributed by atoms with Crippen molar-refractivity contribution < 1.29 is 4.79 Å². The van der Waals surface area contributed by atoms with Gasteiger partial charge >= 0.3 is 0 Å². The van der Waals surface area contributed by atoms with Gasteiger partial charge in [-0.05, 0) is 37.0 Å². The highest BCUT2D eigenvalue weighted by Crippen LogP contribution is 2.26. The topological polar surface area (TPSA) is 79.5 Å². The number of aliphatic imine (C=N–C) groups is 1. The third-order valence-electron chi connectivity index (χ3n) is 3.55. The van der Waals surface area contributed by atoms with E-state index in [0.717, 1.165) is 11.0 Å². The molecule has 1 fully saturated rings. The molecule has 1 aromatic rings. The summed E-state index contributed by atoms with van der Waals surface area (Å²) in [5.41, 5.74) is 6.40. The third-order valence-corrected chi connectivity index (χ3v) is 4.04. The largest absolute Gasteiger partial charge is 0.370 e. The Bertz CT molecular complexity index is 520. The maximum absolute atomic E-state index is 11.9. The average Bonchev–Trinajstić information content (AvgIpc) is 2.41. The second-order valence-corrected chi connectivity index (χ2v) is 6.13. The number of rotatable bonds is 6. The molecule has 1 aliphatic carbocycles. The highest BCUT2D eigenvalue weighted by Gasteiger charge is 2.16. The zero-order valence-corrected chi connectivity index (χ0v) is 16.3. The van der Waals surface area contributed by atoms with E-state index in [1.165, 1.54) is 19.3 Å². The summed E-state index contributed by atoms with van der Waals surface area (Å²) in [6.45, 7) is 1.88. The maximum atomic E-state index is 11.9. The lowest BCUT2D eigenvalue weighted by atomic mass is 9.86. The minimum Gasteiger partial charge on any atom is -0.370 e. The number of benzene rings is 1. The lowest BCUT2D eigenvalue weighted by molar-refractivity contribution is 0.0954. The first-order chi connectivity index (χ1) is 10.1. The van der Waals surface area contributed by atoms with Crippen molar-refractivity contribution in [2.24, 2.45) is 16.6 Å². The van der Waals surface area contributed by atoms with Gasteiger partial charge in [0.15, 0.2) is 5.96 Å². The van der Waals surface area contributed by atoms with Gasteiger partial charge in [-0.1, -0.05) is 28.4 Å². The Morgan fingerprint density at radius 1 is 1.32 bits per heavy atom. The predicted octanol–water partition coefficient (Wildman–Crippen LogP) is 2.50. The van der Waals surface area contributed by atoms with Crippen molar-refractivity contribution in [2.45, 2.75) is 19.3 Å². The first-order valence-corrected chi connectivity index (χ1v) is 8.02. The molecular formula is C15H22BrIN4O. The van der Waals surface area contributed by atoms with Crippen molar-refractivity contribution in [1.82, 2.24) is 10.6 Å². The summed E-state index contributed by atoms with van der Waals surface area (Å²) >= 11 is 3.35. The van der Waals surface area contributed by atoms with Gasteiger partial charge in [-0.25, -0.2) is 0 Å². The molecule has 0 spiro atoms. The van der Waals surface area contributed by atoms with E-state index in [9.17, 15) is 4.79 Å². The molecule has 4 N–H and O–H groups in total. The van der Waals surface area contributed by atoms with Gasteiger partial charge in [-0.3, -0.25) is 9.79 Å². The zero-order valence-electron chi connectivity index (χ0n) is 12.3. The van der Waals surface area contributed by atoms with Crippen molar-refractivity contribution in [2.75, 3.05) is 19.6 Å². The first-order valence-electron chi connectivity index (χ1n) is 7.22. The van der Waals surface area contributed by atoms with Crippen LogP contribution in [0.4, 0.5) is 0 Å². The number of hydrogen-bond donors (Lipinski definition) is 3. The number of halogens is 2.